The second kappa shape index (κ2) is 6.71. The zero-order valence-electron chi connectivity index (χ0n) is 16.8. The number of urea groups is 2. The minimum Gasteiger partial charge on any atom is -0.385 e. The zero-order chi connectivity index (χ0) is 21.8. The van der Waals surface area contributed by atoms with E-state index in [-0.39, 0.29) is 35.3 Å². The van der Waals surface area contributed by atoms with Gasteiger partial charge in [-0.3, -0.25) is 29.5 Å². The third-order valence-corrected chi connectivity index (χ3v) is 6.81. The number of imide groups is 3. The first kappa shape index (κ1) is 20.2. The molecule has 0 aromatic rings. The quantitative estimate of drug-likeness (QED) is 0.275. The molecule has 6 N–H and O–H groups in total. The Bertz CT molecular complexity index is 876. The molecule has 0 radical (unpaired) electrons. The molecule has 0 aromatic carbocycles. The lowest BCUT2D eigenvalue weighted by molar-refractivity contribution is -0.140. The van der Waals surface area contributed by atoms with E-state index in [2.05, 4.69) is 10.6 Å². The third kappa shape index (κ3) is 2.83. The molecule has 4 rings (SSSR count). The number of nitrogens with one attached hydrogen (secondary N) is 2. The van der Waals surface area contributed by atoms with Gasteiger partial charge in [0.15, 0.2) is 0 Å². The highest BCUT2D eigenvalue weighted by Gasteiger charge is 2.63. The fraction of sp³-hybridized carbons (Fsp3) is 0.632. The molecule has 2 saturated heterocycles. The highest BCUT2D eigenvalue weighted by atomic mass is 16.2. The summed E-state index contributed by atoms with van der Waals surface area (Å²) < 4.78 is 0. The number of amides is 7. The predicted octanol–water partition coefficient (Wildman–Crippen LogP) is -0.383. The van der Waals surface area contributed by atoms with Gasteiger partial charge in [0.05, 0.1) is 0 Å². The molecule has 2 aliphatic carbocycles. The maximum atomic E-state index is 12.9. The number of barbiturate groups is 1. The number of nitrogens with zero attached hydrogens (tertiary/aromatic N) is 2. The molecule has 2 saturated carbocycles. The van der Waals surface area contributed by atoms with Crippen molar-refractivity contribution in [2.45, 2.75) is 63.5 Å². The van der Waals surface area contributed by atoms with Crippen LogP contribution in [0.15, 0.2) is 11.4 Å². The molecular weight excluding hydrogens is 392 g/mol. The van der Waals surface area contributed by atoms with Gasteiger partial charge in [-0.05, 0) is 50.4 Å². The van der Waals surface area contributed by atoms with Crippen molar-refractivity contribution in [2.75, 3.05) is 6.54 Å². The van der Waals surface area contributed by atoms with Crippen molar-refractivity contribution >= 4 is 29.8 Å². The summed E-state index contributed by atoms with van der Waals surface area (Å²) in [6.07, 6.45) is 4.16. The number of carbonyl (C=O) groups excluding carboxylic acids is 5. The van der Waals surface area contributed by atoms with Crippen molar-refractivity contribution in [1.82, 2.24) is 20.4 Å². The van der Waals surface area contributed by atoms with Crippen LogP contribution in [0.5, 0.6) is 0 Å². The van der Waals surface area contributed by atoms with Crippen molar-refractivity contribution in [3.63, 3.8) is 0 Å². The highest BCUT2D eigenvalue weighted by molar-refractivity contribution is 6.29. The lowest BCUT2D eigenvalue weighted by atomic mass is 9.51. The highest BCUT2D eigenvalue weighted by Crippen LogP contribution is 2.58. The fourth-order valence-electron chi connectivity index (χ4n) is 5.47. The molecule has 2 heterocycles. The number of hydrogen-bond acceptors (Lipinski definition) is 7. The van der Waals surface area contributed by atoms with E-state index in [0.717, 1.165) is 9.80 Å². The zero-order valence-corrected chi connectivity index (χ0v) is 16.8. The summed E-state index contributed by atoms with van der Waals surface area (Å²) in [7, 11) is 0. The summed E-state index contributed by atoms with van der Waals surface area (Å²) in [6.45, 7) is 2.00. The molecule has 0 bridgehead atoms. The Labute approximate surface area is 173 Å². The van der Waals surface area contributed by atoms with Gasteiger partial charge in [-0.2, -0.15) is 0 Å². The van der Waals surface area contributed by atoms with E-state index in [0.29, 0.717) is 44.9 Å². The van der Waals surface area contributed by atoms with Crippen LogP contribution in [0.2, 0.25) is 0 Å². The minimum absolute atomic E-state index is 0.0994. The molecule has 7 amide bonds. The van der Waals surface area contributed by atoms with Crippen LogP contribution in [-0.2, 0) is 14.4 Å². The van der Waals surface area contributed by atoms with E-state index in [1.54, 1.807) is 0 Å². The van der Waals surface area contributed by atoms with Crippen LogP contribution >= 0.6 is 0 Å². The summed E-state index contributed by atoms with van der Waals surface area (Å²) >= 11 is 0. The smallest absolute Gasteiger partial charge is 0.334 e. The van der Waals surface area contributed by atoms with Crippen molar-refractivity contribution in [1.29, 1.82) is 0 Å². The van der Waals surface area contributed by atoms with Gasteiger partial charge in [-0.1, -0.05) is 6.92 Å². The predicted molar refractivity (Wildman–Crippen MR) is 103 cm³/mol. The Morgan fingerprint density at radius 2 is 1.70 bits per heavy atom. The maximum Gasteiger partial charge on any atom is 0.334 e. The van der Waals surface area contributed by atoms with Gasteiger partial charge < -0.3 is 16.8 Å². The van der Waals surface area contributed by atoms with Gasteiger partial charge in [0, 0.05) is 12.6 Å². The second-order valence-electron chi connectivity index (χ2n) is 8.82. The molecule has 0 aromatic heterocycles. The molecular formula is C19H26N6O5. The lowest BCUT2D eigenvalue weighted by Gasteiger charge is -2.56. The van der Waals surface area contributed by atoms with E-state index in [4.69, 9.17) is 11.5 Å². The largest absolute Gasteiger partial charge is 0.385 e. The number of carbonyl (C=O) groups is 5. The molecule has 2 aliphatic heterocycles. The monoisotopic (exact) mass is 418 g/mol. The van der Waals surface area contributed by atoms with E-state index < -0.39 is 29.4 Å². The summed E-state index contributed by atoms with van der Waals surface area (Å²) in [5.41, 5.74) is 9.90. The van der Waals surface area contributed by atoms with Gasteiger partial charge in [0.1, 0.15) is 16.9 Å². The van der Waals surface area contributed by atoms with Crippen LogP contribution < -0.4 is 22.1 Å². The van der Waals surface area contributed by atoms with Crippen LogP contribution in [-0.4, -0.2) is 57.7 Å². The lowest BCUT2D eigenvalue weighted by Crippen LogP contribution is -2.65. The second-order valence-corrected chi connectivity index (χ2v) is 8.82. The van der Waals surface area contributed by atoms with E-state index in [9.17, 15) is 24.0 Å². The standard InChI is InChI=1S/C19H26N6O5/c1-2-7-24-13(26)11(12(20)21)14(27)25(17(24)30)10-3-5-18(6-4-10)8-19(9-18)15(28)22-16(29)23-19/h10H,2-9,20-21H2,1H3,(H2,22,23,28,29). The van der Waals surface area contributed by atoms with Gasteiger partial charge in [-0.15, -0.1) is 0 Å². The summed E-state index contributed by atoms with van der Waals surface area (Å²) in [5, 5.41) is 5.01. The molecule has 11 nitrogen and oxygen atoms in total. The molecule has 0 unspecified atom stereocenters. The summed E-state index contributed by atoms with van der Waals surface area (Å²) in [5.74, 6) is -2.17. The first-order valence-corrected chi connectivity index (χ1v) is 10.2. The van der Waals surface area contributed by atoms with Crippen molar-refractivity contribution in [2.24, 2.45) is 16.9 Å². The van der Waals surface area contributed by atoms with E-state index >= 15 is 0 Å². The fourth-order valence-corrected chi connectivity index (χ4v) is 5.47. The van der Waals surface area contributed by atoms with Crippen LogP contribution in [0.3, 0.4) is 0 Å². The van der Waals surface area contributed by atoms with Gasteiger partial charge in [-0.25, -0.2) is 9.59 Å². The first-order valence-electron chi connectivity index (χ1n) is 10.2. The number of nitrogens with two attached hydrogens (primary N) is 2. The summed E-state index contributed by atoms with van der Waals surface area (Å²) in [4.78, 5) is 64.1. The van der Waals surface area contributed by atoms with E-state index in [1.165, 1.54) is 0 Å². The van der Waals surface area contributed by atoms with Crippen LogP contribution in [0.25, 0.3) is 0 Å². The maximum absolute atomic E-state index is 12.9. The Balaban J connectivity index is 1.49. The van der Waals surface area contributed by atoms with Crippen molar-refractivity contribution < 1.29 is 24.0 Å². The van der Waals surface area contributed by atoms with Crippen LogP contribution in [0.4, 0.5) is 9.59 Å². The first-order chi connectivity index (χ1) is 14.1. The number of hydrogen-bond donors (Lipinski definition) is 4. The molecule has 11 heteroatoms. The summed E-state index contributed by atoms with van der Waals surface area (Å²) in [6, 6.07) is -1.47. The van der Waals surface area contributed by atoms with Gasteiger partial charge in [0.2, 0.25) is 0 Å². The number of rotatable bonds is 3. The normalized spacial score (nSPS) is 33.8. The molecule has 30 heavy (non-hydrogen) atoms. The Morgan fingerprint density at radius 3 is 2.20 bits per heavy atom. The van der Waals surface area contributed by atoms with Gasteiger partial charge in [0.25, 0.3) is 17.7 Å². The van der Waals surface area contributed by atoms with Gasteiger partial charge >= 0.3 is 12.1 Å². The average Bonchev–Trinajstić information content (AvgIpc) is 2.93. The van der Waals surface area contributed by atoms with Crippen LogP contribution in [0.1, 0.15) is 51.9 Å². The SMILES string of the molecule is CCCN1C(=O)C(=C(N)N)C(=O)N(C2CCC3(CC2)CC2(C3)NC(=O)NC2=O)C1=O. The van der Waals surface area contributed by atoms with Crippen molar-refractivity contribution in [3.8, 4) is 0 Å². The Hall–Kier alpha value is -3.11. The topological polar surface area (TPSA) is 168 Å². The van der Waals surface area contributed by atoms with Crippen LogP contribution in [0, 0.1) is 5.41 Å². The third-order valence-electron chi connectivity index (χ3n) is 6.81. The Morgan fingerprint density at radius 1 is 1.07 bits per heavy atom. The van der Waals surface area contributed by atoms with Crippen molar-refractivity contribution in [3.05, 3.63) is 11.4 Å². The minimum atomic E-state index is -0.824. The average molecular weight is 418 g/mol. The molecule has 162 valence electrons. The molecule has 4 aliphatic rings. The molecule has 4 fully saturated rings. The molecule has 0 atom stereocenters. The van der Waals surface area contributed by atoms with E-state index in [1.807, 2.05) is 6.92 Å². The Kier molecular flexibility index (Phi) is 4.51. The molecule has 2 spiro atoms.